The first-order valence-corrected chi connectivity index (χ1v) is 15.1. The average molecular weight is 571 g/mol. The van der Waals surface area contributed by atoms with Crippen LogP contribution in [0.5, 0.6) is 0 Å². The summed E-state index contributed by atoms with van der Waals surface area (Å²) in [5, 5.41) is 23.8. The molecule has 0 spiro atoms. The number of carbonyl (C=O) groups is 2. The second kappa shape index (κ2) is 11.9. The molecule has 220 valence electrons. The fraction of sp³-hybridized carbons (Fsp3) is 0.471. The molecule has 1 aromatic heterocycles. The van der Waals surface area contributed by atoms with Gasteiger partial charge in [0.25, 0.3) is 0 Å². The number of fused-ring (bicyclic) bond motifs is 1. The molecule has 2 amide bonds. The van der Waals surface area contributed by atoms with Crippen molar-refractivity contribution in [2.24, 2.45) is 0 Å². The first-order valence-electron chi connectivity index (χ1n) is 15.1. The summed E-state index contributed by atoms with van der Waals surface area (Å²) >= 11 is 0. The highest BCUT2D eigenvalue weighted by molar-refractivity contribution is 6.01. The third-order valence-corrected chi connectivity index (χ3v) is 9.23. The molecule has 3 aromatic rings. The number of hydrogen-bond acceptors (Lipinski definition) is 6. The van der Waals surface area contributed by atoms with Gasteiger partial charge in [0.1, 0.15) is 5.82 Å². The fourth-order valence-electron chi connectivity index (χ4n) is 6.74. The minimum atomic E-state index is -1.15. The van der Waals surface area contributed by atoms with Crippen LogP contribution in [0.15, 0.2) is 48.7 Å². The summed E-state index contributed by atoms with van der Waals surface area (Å²) < 4.78 is 16.0. The van der Waals surface area contributed by atoms with Crippen molar-refractivity contribution in [3.05, 3.63) is 76.7 Å². The first-order chi connectivity index (χ1) is 20.2. The zero-order chi connectivity index (χ0) is 30.1. The van der Waals surface area contributed by atoms with Crippen LogP contribution in [0.25, 0.3) is 10.9 Å². The summed E-state index contributed by atoms with van der Waals surface area (Å²) in [5.74, 6) is -2.04. The highest BCUT2D eigenvalue weighted by Crippen LogP contribution is 2.43. The third kappa shape index (κ3) is 5.56. The quantitative estimate of drug-likeness (QED) is 0.387. The van der Waals surface area contributed by atoms with E-state index < -0.39 is 23.3 Å². The average Bonchev–Trinajstić information content (AvgIpc) is 2.95. The number of aliphatic hydroxyl groups is 1. The van der Waals surface area contributed by atoms with Crippen molar-refractivity contribution in [3.63, 3.8) is 0 Å². The zero-order valence-corrected chi connectivity index (χ0v) is 24.6. The SMILES string of the molecule is CC.CC1(O)CN(Cc2ccc(C3(C#N)CCC3)cc2)CCC1c1ccc2ncc(C3CCC(=O)NC3=O)cc2c1F. The largest absolute Gasteiger partial charge is 0.388 e. The second-order valence-corrected chi connectivity index (χ2v) is 12.0. The van der Waals surface area contributed by atoms with Gasteiger partial charge in [-0.2, -0.15) is 5.26 Å². The van der Waals surface area contributed by atoms with Crippen molar-refractivity contribution in [2.75, 3.05) is 13.1 Å². The standard InChI is InChI=1S/C32H33FN4O3.C2H6/c1-31(40)19-37(17-20-3-5-22(6-4-20)32(18-34)12-2-13-32)14-11-26(31)24-7-9-27-25(29(24)33)15-21(16-35-27)23-8-10-28(38)36-30(23)39;1-2/h3-7,9,15-16,23,26,40H,2,8,10-14,17,19H2,1H3,(H,36,38,39);1-2H3. The van der Waals surface area contributed by atoms with Crippen molar-refractivity contribution in [2.45, 2.75) is 88.7 Å². The number of pyridine rings is 1. The molecule has 3 fully saturated rings. The molecule has 1 saturated carbocycles. The van der Waals surface area contributed by atoms with Gasteiger partial charge >= 0.3 is 0 Å². The summed E-state index contributed by atoms with van der Waals surface area (Å²) in [6, 6.07) is 15.9. The molecule has 3 aliphatic rings. The summed E-state index contributed by atoms with van der Waals surface area (Å²) in [6.07, 6.45) is 5.70. The van der Waals surface area contributed by atoms with Gasteiger partial charge in [-0.3, -0.25) is 24.8 Å². The molecule has 2 aliphatic heterocycles. The number of halogens is 1. The van der Waals surface area contributed by atoms with Gasteiger partial charge in [-0.15, -0.1) is 0 Å². The lowest BCUT2D eigenvalue weighted by Crippen LogP contribution is -2.50. The van der Waals surface area contributed by atoms with Crippen molar-refractivity contribution < 1.29 is 19.1 Å². The molecule has 1 aliphatic carbocycles. The molecule has 8 heteroatoms. The Balaban J connectivity index is 0.00000173. The van der Waals surface area contributed by atoms with Gasteiger partial charge in [-0.1, -0.05) is 44.2 Å². The van der Waals surface area contributed by atoms with E-state index in [0.717, 1.165) is 30.4 Å². The lowest BCUT2D eigenvalue weighted by molar-refractivity contribution is -0.134. The second-order valence-electron chi connectivity index (χ2n) is 12.0. The zero-order valence-electron chi connectivity index (χ0n) is 24.6. The van der Waals surface area contributed by atoms with Crippen LogP contribution in [-0.4, -0.2) is 45.5 Å². The predicted molar refractivity (Wildman–Crippen MR) is 159 cm³/mol. The van der Waals surface area contributed by atoms with Gasteiger partial charge in [0.05, 0.1) is 28.5 Å². The summed E-state index contributed by atoms with van der Waals surface area (Å²) in [7, 11) is 0. The molecule has 6 rings (SSSR count). The molecule has 42 heavy (non-hydrogen) atoms. The Hall–Kier alpha value is -3.67. The number of nitriles is 1. The maximum atomic E-state index is 16.0. The number of hydrogen-bond donors (Lipinski definition) is 2. The highest BCUT2D eigenvalue weighted by Gasteiger charge is 2.41. The lowest BCUT2D eigenvalue weighted by atomic mass is 9.65. The van der Waals surface area contributed by atoms with Gasteiger partial charge in [-0.05, 0) is 80.0 Å². The maximum Gasteiger partial charge on any atom is 0.234 e. The Morgan fingerprint density at radius 1 is 1.14 bits per heavy atom. The lowest BCUT2D eigenvalue weighted by Gasteiger charge is -2.43. The number of β-amino-alcohol motifs (C(OH)–C–C–N with tert-alkyl or cyclic N) is 1. The summed E-state index contributed by atoms with van der Waals surface area (Å²) in [6.45, 7) is 7.54. The molecule has 0 radical (unpaired) electrons. The Labute approximate surface area is 246 Å². The van der Waals surface area contributed by atoms with Crippen molar-refractivity contribution in [1.29, 1.82) is 5.26 Å². The van der Waals surface area contributed by atoms with E-state index in [1.54, 1.807) is 31.3 Å². The third-order valence-electron chi connectivity index (χ3n) is 9.23. The number of aromatic nitrogens is 1. The van der Waals surface area contributed by atoms with Crippen molar-refractivity contribution in [3.8, 4) is 6.07 Å². The topological polar surface area (TPSA) is 106 Å². The predicted octanol–water partition coefficient (Wildman–Crippen LogP) is 5.61. The van der Waals surface area contributed by atoms with Crippen molar-refractivity contribution in [1.82, 2.24) is 15.2 Å². The number of likely N-dealkylation sites (tertiary alicyclic amines) is 1. The van der Waals surface area contributed by atoms with Gasteiger partial charge in [0.2, 0.25) is 11.8 Å². The van der Waals surface area contributed by atoms with Crippen molar-refractivity contribution >= 4 is 22.7 Å². The van der Waals surface area contributed by atoms with Crippen LogP contribution in [0, 0.1) is 17.1 Å². The minimum absolute atomic E-state index is 0.239. The van der Waals surface area contributed by atoms with Gasteiger partial charge in [0.15, 0.2) is 0 Å². The van der Waals surface area contributed by atoms with Crippen LogP contribution in [0.1, 0.15) is 93.4 Å². The molecule has 2 aromatic carbocycles. The normalized spacial score (nSPS) is 25.5. The van der Waals surface area contributed by atoms with Crippen LogP contribution >= 0.6 is 0 Å². The van der Waals surface area contributed by atoms with Crippen LogP contribution in [0.4, 0.5) is 4.39 Å². The number of imide groups is 1. The number of carbonyl (C=O) groups excluding carboxylic acids is 2. The van der Waals surface area contributed by atoms with Crippen LogP contribution in [-0.2, 0) is 21.5 Å². The van der Waals surface area contributed by atoms with Crippen LogP contribution in [0.3, 0.4) is 0 Å². The van der Waals surface area contributed by atoms with Gasteiger partial charge < -0.3 is 5.11 Å². The Morgan fingerprint density at radius 3 is 2.50 bits per heavy atom. The maximum absolute atomic E-state index is 16.0. The Morgan fingerprint density at radius 2 is 1.88 bits per heavy atom. The number of nitrogens with zero attached hydrogens (tertiary/aromatic N) is 3. The van der Waals surface area contributed by atoms with E-state index >= 15 is 4.39 Å². The van der Waals surface area contributed by atoms with E-state index in [2.05, 4.69) is 45.5 Å². The van der Waals surface area contributed by atoms with Crippen LogP contribution in [0.2, 0.25) is 0 Å². The Kier molecular flexibility index (Phi) is 8.45. The van der Waals surface area contributed by atoms with E-state index in [-0.39, 0.29) is 23.7 Å². The van der Waals surface area contributed by atoms with Gasteiger partial charge in [0, 0.05) is 37.0 Å². The number of piperidine rings is 2. The molecule has 3 heterocycles. The van der Waals surface area contributed by atoms with E-state index in [0.29, 0.717) is 54.5 Å². The molecule has 7 nitrogen and oxygen atoms in total. The molecule has 3 unspecified atom stereocenters. The molecular formula is C34H39FN4O3. The van der Waals surface area contributed by atoms with E-state index in [4.69, 9.17) is 0 Å². The van der Waals surface area contributed by atoms with E-state index in [9.17, 15) is 20.0 Å². The number of nitrogens with one attached hydrogen (secondary N) is 1. The monoisotopic (exact) mass is 570 g/mol. The number of rotatable bonds is 5. The van der Waals surface area contributed by atoms with E-state index in [1.165, 1.54) is 0 Å². The highest BCUT2D eigenvalue weighted by atomic mass is 19.1. The first kappa shape index (κ1) is 29.8. The smallest absolute Gasteiger partial charge is 0.234 e. The molecule has 2 saturated heterocycles. The molecule has 2 N–H and O–H groups in total. The fourth-order valence-corrected chi connectivity index (χ4v) is 6.74. The number of amides is 2. The molecule has 0 bridgehead atoms. The minimum Gasteiger partial charge on any atom is -0.388 e. The van der Waals surface area contributed by atoms with Crippen LogP contribution < -0.4 is 5.32 Å². The molecule has 3 atom stereocenters. The summed E-state index contributed by atoms with van der Waals surface area (Å²) in [5.41, 5.74) is 2.23. The Bertz CT molecular complexity index is 1520. The summed E-state index contributed by atoms with van der Waals surface area (Å²) in [4.78, 5) is 30.5. The number of benzene rings is 2. The molecular weight excluding hydrogens is 531 g/mol. The van der Waals surface area contributed by atoms with Gasteiger partial charge in [-0.25, -0.2) is 4.39 Å². The van der Waals surface area contributed by atoms with E-state index in [1.807, 2.05) is 13.8 Å².